The molecule has 152 valence electrons. The molecule has 0 spiro atoms. The van der Waals surface area contributed by atoms with Crippen molar-refractivity contribution < 1.29 is 27.8 Å². The van der Waals surface area contributed by atoms with Crippen molar-refractivity contribution in [2.24, 2.45) is 0 Å². The average Bonchev–Trinajstić information content (AvgIpc) is 2.63. The quantitative estimate of drug-likeness (QED) is 0.640. The highest BCUT2D eigenvalue weighted by atomic mass is 35.5. The average molecular weight is 415 g/mol. The molecule has 0 bridgehead atoms. The molecular formula is C19H21ClF2N2O4. The van der Waals surface area contributed by atoms with Crippen molar-refractivity contribution in [3.8, 4) is 17.4 Å². The summed E-state index contributed by atoms with van der Waals surface area (Å²) in [5.41, 5.74) is 0.973. The van der Waals surface area contributed by atoms with E-state index in [1.807, 2.05) is 13.8 Å². The maximum atomic E-state index is 12.6. The summed E-state index contributed by atoms with van der Waals surface area (Å²) in [5, 5.41) is 0.239. The molecule has 0 aliphatic carbocycles. The minimum Gasteiger partial charge on any atom is -0.493 e. The van der Waals surface area contributed by atoms with Gasteiger partial charge in [-0.1, -0.05) is 17.7 Å². The smallest absolute Gasteiger partial charge is 0.387 e. The van der Waals surface area contributed by atoms with Crippen LogP contribution in [0.3, 0.4) is 0 Å². The van der Waals surface area contributed by atoms with Gasteiger partial charge in [-0.3, -0.25) is 4.79 Å². The van der Waals surface area contributed by atoms with Gasteiger partial charge in [0.05, 0.1) is 18.8 Å². The molecule has 0 N–H and O–H groups in total. The van der Waals surface area contributed by atoms with Gasteiger partial charge in [0.25, 0.3) is 5.91 Å². The van der Waals surface area contributed by atoms with Gasteiger partial charge in [-0.25, -0.2) is 4.98 Å². The Morgan fingerprint density at radius 3 is 2.50 bits per heavy atom. The minimum atomic E-state index is -2.95. The van der Waals surface area contributed by atoms with E-state index in [0.717, 1.165) is 0 Å². The van der Waals surface area contributed by atoms with E-state index < -0.39 is 6.61 Å². The largest absolute Gasteiger partial charge is 0.493 e. The predicted molar refractivity (Wildman–Crippen MR) is 100 cm³/mol. The molecule has 2 aromatic rings. The Balaban J connectivity index is 2.13. The van der Waals surface area contributed by atoms with Gasteiger partial charge in [0, 0.05) is 19.8 Å². The van der Waals surface area contributed by atoms with Crippen molar-refractivity contribution in [1.82, 2.24) is 9.88 Å². The molecule has 0 saturated carbocycles. The topological polar surface area (TPSA) is 60.9 Å². The fourth-order valence-electron chi connectivity index (χ4n) is 2.42. The third-order valence-electron chi connectivity index (χ3n) is 3.61. The van der Waals surface area contributed by atoms with Crippen LogP contribution in [-0.2, 0) is 6.54 Å². The van der Waals surface area contributed by atoms with Crippen LogP contribution < -0.4 is 14.2 Å². The third-order valence-corrected chi connectivity index (χ3v) is 3.88. The minimum absolute atomic E-state index is 0.0769. The second kappa shape index (κ2) is 9.54. The summed E-state index contributed by atoms with van der Waals surface area (Å²) < 4.78 is 39.7. The van der Waals surface area contributed by atoms with Crippen molar-refractivity contribution >= 4 is 17.5 Å². The van der Waals surface area contributed by atoms with E-state index in [0.29, 0.717) is 11.1 Å². The molecule has 6 nitrogen and oxygen atoms in total. The molecule has 0 aliphatic rings. The summed E-state index contributed by atoms with van der Waals surface area (Å²) in [7, 11) is 2.95. The van der Waals surface area contributed by atoms with Gasteiger partial charge in [0.1, 0.15) is 5.02 Å². The number of carbonyl (C=O) groups is 1. The van der Waals surface area contributed by atoms with Crippen LogP contribution >= 0.6 is 11.6 Å². The zero-order valence-electron chi connectivity index (χ0n) is 15.9. The van der Waals surface area contributed by atoms with E-state index >= 15 is 0 Å². The van der Waals surface area contributed by atoms with Gasteiger partial charge in [-0.2, -0.15) is 8.78 Å². The summed E-state index contributed by atoms with van der Waals surface area (Å²) >= 11 is 6.13. The fraction of sp³-hybridized carbons (Fsp3) is 0.368. The Labute approximate surface area is 167 Å². The number of carbonyl (C=O) groups excluding carboxylic acids is 1. The van der Waals surface area contributed by atoms with Gasteiger partial charge in [-0.05, 0) is 37.6 Å². The van der Waals surface area contributed by atoms with E-state index in [1.165, 1.54) is 36.4 Å². The number of hydrogen-bond donors (Lipinski definition) is 0. The van der Waals surface area contributed by atoms with Gasteiger partial charge in [0.15, 0.2) is 11.5 Å². The van der Waals surface area contributed by atoms with Crippen molar-refractivity contribution in [3.05, 3.63) is 46.6 Å². The highest BCUT2D eigenvalue weighted by Gasteiger charge is 2.17. The molecule has 0 fully saturated rings. The second-order valence-electron chi connectivity index (χ2n) is 6.20. The van der Waals surface area contributed by atoms with Crippen LogP contribution in [0.15, 0.2) is 30.5 Å². The number of benzene rings is 1. The summed E-state index contributed by atoms with van der Waals surface area (Å²) in [6, 6.07) is 5.97. The lowest BCUT2D eigenvalue weighted by Crippen LogP contribution is -2.26. The maximum absolute atomic E-state index is 12.6. The van der Waals surface area contributed by atoms with Crippen molar-refractivity contribution in [1.29, 1.82) is 0 Å². The van der Waals surface area contributed by atoms with Gasteiger partial charge >= 0.3 is 6.61 Å². The molecule has 0 atom stereocenters. The first-order chi connectivity index (χ1) is 13.2. The van der Waals surface area contributed by atoms with Crippen LogP contribution in [0, 0.1) is 0 Å². The number of halogens is 3. The van der Waals surface area contributed by atoms with Crippen LogP contribution in [0.2, 0.25) is 5.02 Å². The summed E-state index contributed by atoms with van der Waals surface area (Å²) in [5.74, 6) is 0.0260. The molecule has 2 rings (SSSR count). The summed E-state index contributed by atoms with van der Waals surface area (Å²) in [6.45, 7) is 0.948. The Hall–Kier alpha value is -2.61. The van der Waals surface area contributed by atoms with E-state index in [4.69, 9.17) is 21.1 Å². The lowest BCUT2D eigenvalue weighted by atomic mass is 10.1. The molecule has 1 heterocycles. The third kappa shape index (κ3) is 5.69. The Bertz CT molecular complexity index is 834. The fourth-order valence-corrected chi connectivity index (χ4v) is 2.63. The number of ether oxygens (including phenoxy) is 3. The van der Waals surface area contributed by atoms with Gasteiger partial charge in [0.2, 0.25) is 5.88 Å². The van der Waals surface area contributed by atoms with Crippen molar-refractivity contribution in [2.75, 3.05) is 14.2 Å². The molecule has 9 heteroatoms. The standard InChI is InChI=1S/C19H21ClF2N2O4/c1-11(2)27-17-14(20)8-13(9-23-17)18(25)24(3)10-12-5-6-15(28-19(21)22)16(7-12)26-4/h5-9,11,19H,10H2,1-4H3. The monoisotopic (exact) mass is 414 g/mol. The van der Waals surface area contributed by atoms with Crippen LogP contribution in [0.5, 0.6) is 17.4 Å². The van der Waals surface area contributed by atoms with Crippen LogP contribution in [0.1, 0.15) is 29.8 Å². The lowest BCUT2D eigenvalue weighted by Gasteiger charge is -2.19. The maximum Gasteiger partial charge on any atom is 0.387 e. The first kappa shape index (κ1) is 21.7. The van der Waals surface area contributed by atoms with E-state index in [-0.39, 0.29) is 41.0 Å². The predicted octanol–water partition coefficient (Wildman–Crippen LogP) is 4.40. The number of hydrogen-bond acceptors (Lipinski definition) is 5. The Kier molecular flexibility index (Phi) is 7.39. The lowest BCUT2D eigenvalue weighted by molar-refractivity contribution is -0.0512. The van der Waals surface area contributed by atoms with E-state index in [1.54, 1.807) is 13.1 Å². The number of pyridine rings is 1. The van der Waals surface area contributed by atoms with E-state index in [2.05, 4.69) is 9.72 Å². The molecule has 28 heavy (non-hydrogen) atoms. The van der Waals surface area contributed by atoms with Gasteiger partial charge in [-0.15, -0.1) is 0 Å². The first-order valence-corrected chi connectivity index (χ1v) is 8.78. The van der Waals surface area contributed by atoms with Crippen molar-refractivity contribution in [2.45, 2.75) is 33.1 Å². The molecule has 0 radical (unpaired) electrons. The highest BCUT2D eigenvalue weighted by Crippen LogP contribution is 2.30. The number of methoxy groups -OCH3 is 1. The number of aromatic nitrogens is 1. The number of amides is 1. The second-order valence-corrected chi connectivity index (χ2v) is 6.61. The SMILES string of the molecule is COc1cc(CN(C)C(=O)c2cnc(OC(C)C)c(Cl)c2)ccc1OC(F)F. The van der Waals surface area contributed by atoms with Crippen molar-refractivity contribution in [3.63, 3.8) is 0 Å². The Morgan fingerprint density at radius 1 is 1.21 bits per heavy atom. The Morgan fingerprint density at radius 2 is 1.93 bits per heavy atom. The van der Waals surface area contributed by atoms with E-state index in [9.17, 15) is 13.6 Å². The van der Waals surface area contributed by atoms with Crippen LogP contribution in [0.4, 0.5) is 8.78 Å². The highest BCUT2D eigenvalue weighted by molar-refractivity contribution is 6.32. The summed E-state index contributed by atoms with van der Waals surface area (Å²) in [6.07, 6.45) is 1.30. The van der Waals surface area contributed by atoms with Crippen LogP contribution in [-0.4, -0.2) is 42.7 Å². The number of rotatable bonds is 8. The molecule has 0 saturated heterocycles. The van der Waals surface area contributed by atoms with Gasteiger partial charge < -0.3 is 19.1 Å². The molecule has 1 aromatic heterocycles. The first-order valence-electron chi connectivity index (χ1n) is 8.40. The summed E-state index contributed by atoms with van der Waals surface area (Å²) in [4.78, 5) is 18.2. The normalized spacial score (nSPS) is 10.9. The zero-order chi connectivity index (χ0) is 20.8. The van der Waals surface area contributed by atoms with Crippen LogP contribution in [0.25, 0.3) is 0 Å². The zero-order valence-corrected chi connectivity index (χ0v) is 16.7. The molecule has 1 amide bonds. The molecule has 0 unspecified atom stereocenters. The molecule has 0 aliphatic heterocycles. The molecule has 1 aromatic carbocycles. The molecular weight excluding hydrogens is 394 g/mol. The number of alkyl halides is 2. The number of nitrogens with zero attached hydrogens (tertiary/aromatic N) is 2.